The number of amides is 1. The Hall–Kier alpha value is -1.06. The van der Waals surface area contributed by atoms with Crippen LogP contribution in [-0.2, 0) is 4.79 Å². The van der Waals surface area contributed by atoms with Gasteiger partial charge in [-0.1, -0.05) is 38.4 Å². The third-order valence-electron chi connectivity index (χ3n) is 3.86. The highest BCUT2D eigenvalue weighted by molar-refractivity contribution is 6.33. The maximum Gasteiger partial charge on any atom is 0.224 e. The number of benzene rings is 1. The molecule has 3 nitrogen and oxygen atoms in total. The molecule has 0 spiro atoms. The molecule has 1 aromatic rings. The van der Waals surface area contributed by atoms with Crippen LogP contribution in [0.25, 0.3) is 0 Å². The van der Waals surface area contributed by atoms with E-state index >= 15 is 0 Å². The lowest BCUT2D eigenvalue weighted by atomic mass is 9.76. The van der Waals surface area contributed by atoms with Crippen molar-refractivity contribution < 1.29 is 4.79 Å². The second kappa shape index (κ2) is 7.81. The summed E-state index contributed by atoms with van der Waals surface area (Å²) in [4.78, 5) is 12.1. The lowest BCUT2D eigenvalue weighted by Gasteiger charge is -2.30. The predicted octanol–water partition coefficient (Wildman–Crippen LogP) is 4.38. The SMILES string of the molecule is Cc1ccc(Cl)c(NC(=O)CCC(CCN)C(C)(C)C)c1. The van der Waals surface area contributed by atoms with E-state index in [1.54, 1.807) is 6.07 Å². The number of halogens is 1. The normalized spacial score (nSPS) is 13.0. The monoisotopic (exact) mass is 310 g/mol. The quantitative estimate of drug-likeness (QED) is 0.819. The van der Waals surface area contributed by atoms with Crippen molar-refractivity contribution in [3.63, 3.8) is 0 Å². The van der Waals surface area contributed by atoms with Crippen molar-refractivity contribution in [1.82, 2.24) is 0 Å². The van der Waals surface area contributed by atoms with E-state index in [1.165, 1.54) is 0 Å². The third kappa shape index (κ3) is 6.06. The fraction of sp³-hybridized carbons (Fsp3) is 0.588. The maximum absolute atomic E-state index is 12.1. The highest BCUT2D eigenvalue weighted by Gasteiger charge is 2.24. The van der Waals surface area contributed by atoms with Gasteiger partial charge in [0.2, 0.25) is 5.91 Å². The molecule has 1 aromatic carbocycles. The summed E-state index contributed by atoms with van der Waals surface area (Å²) in [6.07, 6.45) is 2.28. The Morgan fingerprint density at radius 1 is 1.33 bits per heavy atom. The number of carbonyl (C=O) groups excluding carboxylic acids is 1. The van der Waals surface area contributed by atoms with Crippen molar-refractivity contribution in [2.45, 2.75) is 47.0 Å². The van der Waals surface area contributed by atoms with Crippen LogP contribution in [0.3, 0.4) is 0 Å². The van der Waals surface area contributed by atoms with Gasteiger partial charge in [-0.3, -0.25) is 4.79 Å². The summed E-state index contributed by atoms with van der Waals surface area (Å²) in [6, 6.07) is 5.62. The van der Waals surface area contributed by atoms with E-state index in [-0.39, 0.29) is 11.3 Å². The highest BCUT2D eigenvalue weighted by atomic mass is 35.5. The van der Waals surface area contributed by atoms with Crippen molar-refractivity contribution in [2.75, 3.05) is 11.9 Å². The lowest BCUT2D eigenvalue weighted by molar-refractivity contribution is -0.116. The van der Waals surface area contributed by atoms with Crippen molar-refractivity contribution in [3.8, 4) is 0 Å². The molecule has 0 saturated carbocycles. The third-order valence-corrected chi connectivity index (χ3v) is 4.19. The molecule has 1 rings (SSSR count). The first kappa shape index (κ1) is 18.0. The van der Waals surface area contributed by atoms with Crippen LogP contribution in [0.4, 0.5) is 5.69 Å². The number of hydrogen-bond donors (Lipinski definition) is 2. The van der Waals surface area contributed by atoms with Crippen LogP contribution in [0.2, 0.25) is 5.02 Å². The van der Waals surface area contributed by atoms with Crippen LogP contribution in [0.15, 0.2) is 18.2 Å². The fourth-order valence-electron chi connectivity index (χ4n) is 2.46. The fourth-order valence-corrected chi connectivity index (χ4v) is 2.63. The maximum atomic E-state index is 12.1. The summed E-state index contributed by atoms with van der Waals surface area (Å²) in [7, 11) is 0. The molecule has 21 heavy (non-hydrogen) atoms. The molecule has 0 aromatic heterocycles. The summed E-state index contributed by atoms with van der Waals surface area (Å²) in [6.45, 7) is 9.23. The molecule has 0 radical (unpaired) electrons. The second-order valence-electron chi connectivity index (χ2n) is 6.71. The first-order valence-corrected chi connectivity index (χ1v) is 7.88. The van der Waals surface area contributed by atoms with Crippen molar-refractivity contribution in [2.24, 2.45) is 17.1 Å². The largest absolute Gasteiger partial charge is 0.330 e. The highest BCUT2D eigenvalue weighted by Crippen LogP contribution is 2.32. The Morgan fingerprint density at radius 2 is 2.00 bits per heavy atom. The molecule has 4 heteroatoms. The number of nitrogens with two attached hydrogens (primary N) is 1. The van der Waals surface area contributed by atoms with E-state index in [1.807, 2.05) is 19.1 Å². The van der Waals surface area contributed by atoms with Gasteiger partial charge in [0.05, 0.1) is 10.7 Å². The minimum absolute atomic E-state index is 0.00812. The molecule has 0 heterocycles. The van der Waals surface area contributed by atoms with Crippen molar-refractivity contribution in [1.29, 1.82) is 0 Å². The molecule has 1 atom stereocenters. The first-order valence-electron chi connectivity index (χ1n) is 7.50. The van der Waals surface area contributed by atoms with Gasteiger partial charge >= 0.3 is 0 Å². The number of aryl methyl sites for hydroxylation is 1. The van der Waals surface area contributed by atoms with Crippen molar-refractivity contribution >= 4 is 23.2 Å². The van der Waals surface area contributed by atoms with E-state index in [9.17, 15) is 4.79 Å². The van der Waals surface area contributed by atoms with Gasteiger partial charge in [-0.25, -0.2) is 0 Å². The molecule has 0 bridgehead atoms. The van der Waals surface area contributed by atoms with Crippen LogP contribution in [0.5, 0.6) is 0 Å². The van der Waals surface area contributed by atoms with Gasteiger partial charge < -0.3 is 11.1 Å². The van der Waals surface area contributed by atoms with Gasteiger partial charge in [0, 0.05) is 6.42 Å². The zero-order chi connectivity index (χ0) is 16.0. The van der Waals surface area contributed by atoms with Crippen LogP contribution >= 0.6 is 11.6 Å². The molecule has 0 fully saturated rings. The predicted molar refractivity (Wildman–Crippen MR) is 90.7 cm³/mol. The Labute approximate surface area is 133 Å². The number of carbonyl (C=O) groups is 1. The van der Waals surface area contributed by atoms with E-state index in [0.29, 0.717) is 29.6 Å². The Balaban J connectivity index is 2.59. The molecular weight excluding hydrogens is 284 g/mol. The van der Waals surface area contributed by atoms with Gasteiger partial charge in [-0.2, -0.15) is 0 Å². The summed E-state index contributed by atoms with van der Waals surface area (Å²) < 4.78 is 0. The topological polar surface area (TPSA) is 55.1 Å². The second-order valence-corrected chi connectivity index (χ2v) is 7.12. The number of nitrogens with one attached hydrogen (secondary N) is 1. The van der Waals surface area contributed by atoms with Gasteiger partial charge in [-0.15, -0.1) is 0 Å². The van der Waals surface area contributed by atoms with E-state index in [4.69, 9.17) is 17.3 Å². The zero-order valence-corrected chi connectivity index (χ0v) is 14.3. The van der Waals surface area contributed by atoms with Crippen LogP contribution in [0.1, 0.15) is 45.6 Å². The molecule has 0 aliphatic heterocycles. The van der Waals surface area contributed by atoms with E-state index in [0.717, 1.165) is 18.4 Å². The van der Waals surface area contributed by atoms with Gasteiger partial charge in [-0.05, 0) is 55.3 Å². The Kier molecular flexibility index (Phi) is 6.69. The molecule has 0 saturated heterocycles. The van der Waals surface area contributed by atoms with Crippen LogP contribution in [0, 0.1) is 18.3 Å². The standard InChI is InChI=1S/C17H27ClN2O/c1-12-5-7-14(18)15(11-12)20-16(21)8-6-13(9-10-19)17(2,3)4/h5,7,11,13H,6,8-10,19H2,1-4H3,(H,20,21). The zero-order valence-electron chi connectivity index (χ0n) is 13.5. The molecule has 1 unspecified atom stereocenters. The Bertz CT molecular complexity index is 480. The summed E-state index contributed by atoms with van der Waals surface area (Å²) in [5, 5.41) is 3.47. The average molecular weight is 311 g/mol. The summed E-state index contributed by atoms with van der Waals surface area (Å²) >= 11 is 6.09. The molecule has 3 N–H and O–H groups in total. The summed E-state index contributed by atoms with van der Waals surface area (Å²) in [5.41, 5.74) is 7.60. The van der Waals surface area contributed by atoms with E-state index < -0.39 is 0 Å². The first-order chi connectivity index (χ1) is 9.74. The van der Waals surface area contributed by atoms with Gasteiger partial charge in [0.15, 0.2) is 0 Å². The number of hydrogen-bond acceptors (Lipinski definition) is 2. The van der Waals surface area contributed by atoms with E-state index in [2.05, 4.69) is 26.1 Å². The molecule has 0 aliphatic carbocycles. The Morgan fingerprint density at radius 3 is 2.57 bits per heavy atom. The summed E-state index contributed by atoms with van der Waals surface area (Å²) in [5.74, 6) is 0.454. The van der Waals surface area contributed by atoms with Gasteiger partial charge in [0.25, 0.3) is 0 Å². The smallest absolute Gasteiger partial charge is 0.224 e. The van der Waals surface area contributed by atoms with Gasteiger partial charge in [0.1, 0.15) is 0 Å². The number of rotatable bonds is 6. The van der Waals surface area contributed by atoms with Crippen LogP contribution < -0.4 is 11.1 Å². The molecule has 1 amide bonds. The minimum Gasteiger partial charge on any atom is -0.330 e. The number of anilines is 1. The average Bonchev–Trinajstić information content (AvgIpc) is 2.37. The van der Waals surface area contributed by atoms with Crippen LogP contribution in [-0.4, -0.2) is 12.5 Å². The molecular formula is C17H27ClN2O. The minimum atomic E-state index is 0.00812. The lowest BCUT2D eigenvalue weighted by Crippen LogP contribution is -2.25. The molecule has 118 valence electrons. The molecule has 0 aliphatic rings. The van der Waals surface area contributed by atoms with Crippen molar-refractivity contribution in [3.05, 3.63) is 28.8 Å².